The SMILES string of the molecule is CCCCCC1=CC(NC)C(C2=Cc3ccc4c(c3CC2)C=CC(C)(C)C4)C=C1. The third kappa shape index (κ3) is 4.36. The van der Waals surface area contributed by atoms with Crippen LogP contribution in [0.1, 0.15) is 75.1 Å². The van der Waals surface area contributed by atoms with Crippen LogP contribution in [-0.2, 0) is 12.8 Å². The molecule has 0 aromatic heterocycles. The smallest absolute Gasteiger partial charge is 0.0354 e. The second kappa shape index (κ2) is 8.48. The largest absolute Gasteiger partial charge is 0.313 e. The highest BCUT2D eigenvalue weighted by molar-refractivity contribution is 5.71. The fourth-order valence-corrected chi connectivity index (χ4v) is 5.27. The van der Waals surface area contributed by atoms with Crippen LogP contribution in [0.15, 0.2) is 47.6 Å². The van der Waals surface area contributed by atoms with E-state index in [1.165, 1.54) is 60.8 Å². The van der Waals surface area contributed by atoms with Crippen molar-refractivity contribution < 1.29 is 0 Å². The summed E-state index contributed by atoms with van der Waals surface area (Å²) >= 11 is 0. The van der Waals surface area contributed by atoms with Crippen molar-refractivity contribution in [2.75, 3.05) is 7.05 Å². The van der Waals surface area contributed by atoms with E-state index in [0.717, 1.165) is 6.42 Å². The molecule has 0 heterocycles. The van der Waals surface area contributed by atoms with Crippen LogP contribution in [0.2, 0.25) is 0 Å². The Balaban J connectivity index is 1.56. The zero-order chi connectivity index (χ0) is 20.4. The van der Waals surface area contributed by atoms with Gasteiger partial charge in [-0.2, -0.15) is 0 Å². The molecule has 1 heteroatoms. The number of unbranched alkanes of at least 4 members (excludes halogenated alkanes) is 2. The van der Waals surface area contributed by atoms with Crippen molar-refractivity contribution in [3.8, 4) is 0 Å². The molecule has 3 aliphatic rings. The molecular formula is C28H37N. The lowest BCUT2D eigenvalue weighted by atomic mass is 9.74. The maximum absolute atomic E-state index is 3.57. The first-order valence-corrected chi connectivity index (χ1v) is 11.6. The van der Waals surface area contributed by atoms with Crippen molar-refractivity contribution in [3.05, 3.63) is 69.8 Å². The molecule has 2 atom stereocenters. The van der Waals surface area contributed by atoms with Gasteiger partial charge in [0.15, 0.2) is 0 Å². The highest BCUT2D eigenvalue weighted by Crippen LogP contribution is 2.39. The predicted octanol–water partition coefficient (Wildman–Crippen LogP) is 6.89. The van der Waals surface area contributed by atoms with E-state index < -0.39 is 0 Å². The van der Waals surface area contributed by atoms with Gasteiger partial charge in [-0.1, -0.05) is 93.3 Å². The summed E-state index contributed by atoms with van der Waals surface area (Å²) in [6.45, 7) is 6.95. The Morgan fingerprint density at radius 1 is 1.10 bits per heavy atom. The van der Waals surface area contributed by atoms with Crippen LogP contribution >= 0.6 is 0 Å². The molecule has 3 aliphatic carbocycles. The van der Waals surface area contributed by atoms with E-state index in [4.69, 9.17) is 0 Å². The van der Waals surface area contributed by atoms with Crippen LogP contribution in [0.3, 0.4) is 0 Å². The minimum absolute atomic E-state index is 0.283. The number of likely N-dealkylation sites (N-methyl/N-ethyl adjacent to an activating group) is 1. The van der Waals surface area contributed by atoms with Gasteiger partial charge in [-0.05, 0) is 66.8 Å². The summed E-state index contributed by atoms with van der Waals surface area (Å²) < 4.78 is 0. The standard InChI is InChI=1S/C28H37N/c1-5-6-7-8-20-9-13-26(27(17-20)29-4)22-12-14-24-21(18-22)10-11-23-19-28(2,3)16-15-25(23)24/h9-11,13,15-18,26-27,29H,5-8,12,14,19H2,1-4H3. The third-order valence-electron chi connectivity index (χ3n) is 6.96. The van der Waals surface area contributed by atoms with Gasteiger partial charge in [0.1, 0.15) is 0 Å². The summed E-state index contributed by atoms with van der Waals surface area (Å²) in [6, 6.07) is 5.16. The summed E-state index contributed by atoms with van der Waals surface area (Å²) in [6.07, 6.45) is 23.2. The van der Waals surface area contributed by atoms with Gasteiger partial charge in [-0.25, -0.2) is 0 Å². The molecule has 0 radical (unpaired) electrons. The van der Waals surface area contributed by atoms with Crippen LogP contribution in [0, 0.1) is 11.3 Å². The molecule has 0 fully saturated rings. The Morgan fingerprint density at radius 2 is 1.97 bits per heavy atom. The highest BCUT2D eigenvalue weighted by atomic mass is 14.9. The second-order valence-corrected chi connectivity index (χ2v) is 9.82. The minimum Gasteiger partial charge on any atom is -0.313 e. The molecule has 1 N–H and O–H groups in total. The molecule has 0 saturated carbocycles. The third-order valence-corrected chi connectivity index (χ3v) is 6.96. The number of allylic oxidation sites excluding steroid dienone is 3. The molecule has 0 amide bonds. The van der Waals surface area contributed by atoms with E-state index in [1.54, 1.807) is 11.1 Å². The molecule has 29 heavy (non-hydrogen) atoms. The van der Waals surface area contributed by atoms with Crippen molar-refractivity contribution in [2.45, 2.75) is 71.8 Å². The Labute approximate surface area is 177 Å². The summed E-state index contributed by atoms with van der Waals surface area (Å²) in [4.78, 5) is 0. The maximum atomic E-state index is 3.57. The van der Waals surface area contributed by atoms with Gasteiger partial charge >= 0.3 is 0 Å². The van der Waals surface area contributed by atoms with Crippen LogP contribution in [0.5, 0.6) is 0 Å². The Morgan fingerprint density at radius 3 is 2.76 bits per heavy atom. The monoisotopic (exact) mass is 387 g/mol. The highest BCUT2D eigenvalue weighted by Gasteiger charge is 2.28. The van der Waals surface area contributed by atoms with E-state index in [1.807, 2.05) is 0 Å². The predicted molar refractivity (Wildman–Crippen MR) is 127 cm³/mol. The first kappa shape index (κ1) is 20.4. The van der Waals surface area contributed by atoms with Gasteiger partial charge in [0.05, 0.1) is 0 Å². The zero-order valence-electron chi connectivity index (χ0n) is 18.7. The first-order valence-electron chi connectivity index (χ1n) is 11.6. The molecule has 0 aliphatic heterocycles. The quantitative estimate of drug-likeness (QED) is 0.524. The number of fused-ring (bicyclic) bond motifs is 3. The molecule has 1 nitrogen and oxygen atoms in total. The lowest BCUT2D eigenvalue weighted by Crippen LogP contribution is -2.34. The van der Waals surface area contributed by atoms with E-state index in [9.17, 15) is 0 Å². The van der Waals surface area contributed by atoms with Crippen molar-refractivity contribution >= 4 is 12.2 Å². The Hall–Kier alpha value is -1.86. The van der Waals surface area contributed by atoms with E-state index >= 15 is 0 Å². The molecule has 0 spiro atoms. The Bertz CT molecular complexity index is 878. The van der Waals surface area contributed by atoms with Crippen molar-refractivity contribution in [2.24, 2.45) is 11.3 Å². The van der Waals surface area contributed by atoms with E-state index in [0.29, 0.717) is 12.0 Å². The summed E-state index contributed by atoms with van der Waals surface area (Å²) in [7, 11) is 2.11. The molecule has 4 rings (SSSR count). The van der Waals surface area contributed by atoms with Crippen LogP contribution in [0.4, 0.5) is 0 Å². The van der Waals surface area contributed by atoms with Crippen molar-refractivity contribution in [1.82, 2.24) is 5.32 Å². The fraction of sp³-hybridized carbons (Fsp3) is 0.500. The molecule has 0 saturated heterocycles. The zero-order valence-corrected chi connectivity index (χ0v) is 18.7. The summed E-state index contributed by atoms with van der Waals surface area (Å²) in [5.41, 5.74) is 9.40. The molecule has 154 valence electrons. The van der Waals surface area contributed by atoms with E-state index in [2.05, 4.69) is 81.7 Å². The minimum atomic E-state index is 0.283. The number of hydrogen-bond acceptors (Lipinski definition) is 1. The first-order chi connectivity index (χ1) is 14.0. The summed E-state index contributed by atoms with van der Waals surface area (Å²) in [5, 5.41) is 3.57. The van der Waals surface area contributed by atoms with Crippen LogP contribution < -0.4 is 5.32 Å². The fourth-order valence-electron chi connectivity index (χ4n) is 5.27. The summed E-state index contributed by atoms with van der Waals surface area (Å²) in [5.74, 6) is 0.480. The van der Waals surface area contributed by atoms with Gasteiger partial charge in [0.2, 0.25) is 0 Å². The van der Waals surface area contributed by atoms with Gasteiger partial charge in [0.25, 0.3) is 0 Å². The normalized spacial score (nSPS) is 24.6. The number of hydrogen-bond donors (Lipinski definition) is 1. The van der Waals surface area contributed by atoms with E-state index in [-0.39, 0.29) is 5.41 Å². The van der Waals surface area contributed by atoms with Gasteiger partial charge < -0.3 is 5.32 Å². The number of benzene rings is 1. The van der Waals surface area contributed by atoms with Crippen LogP contribution in [-0.4, -0.2) is 13.1 Å². The number of rotatable bonds is 6. The average Bonchev–Trinajstić information content (AvgIpc) is 2.72. The lowest BCUT2D eigenvalue weighted by Gasteiger charge is -2.32. The average molecular weight is 388 g/mol. The van der Waals surface area contributed by atoms with Gasteiger partial charge in [-0.3, -0.25) is 0 Å². The lowest BCUT2D eigenvalue weighted by molar-refractivity contribution is 0.474. The van der Waals surface area contributed by atoms with Gasteiger partial charge in [0, 0.05) is 12.0 Å². The second-order valence-electron chi connectivity index (χ2n) is 9.82. The van der Waals surface area contributed by atoms with Crippen LogP contribution in [0.25, 0.3) is 12.2 Å². The molecule has 0 bridgehead atoms. The molecule has 1 aromatic carbocycles. The van der Waals surface area contributed by atoms with Crippen molar-refractivity contribution in [1.29, 1.82) is 0 Å². The molecule has 2 unspecified atom stereocenters. The number of nitrogens with one attached hydrogen (secondary N) is 1. The maximum Gasteiger partial charge on any atom is 0.0354 e. The topological polar surface area (TPSA) is 12.0 Å². The Kier molecular flexibility index (Phi) is 5.97. The van der Waals surface area contributed by atoms with Crippen molar-refractivity contribution in [3.63, 3.8) is 0 Å². The molecular weight excluding hydrogens is 350 g/mol. The van der Waals surface area contributed by atoms with Gasteiger partial charge in [-0.15, -0.1) is 0 Å². The molecule has 1 aromatic rings.